The molecule has 0 radical (unpaired) electrons. The maximum atomic E-state index is 12.3. The van der Waals surface area contributed by atoms with E-state index in [0.29, 0.717) is 22.8 Å². The summed E-state index contributed by atoms with van der Waals surface area (Å²) in [6.07, 6.45) is 0. The highest BCUT2D eigenvalue weighted by Crippen LogP contribution is 2.24. The molecule has 0 fully saturated rings. The predicted molar refractivity (Wildman–Crippen MR) is 105 cm³/mol. The number of anilines is 2. The lowest BCUT2D eigenvalue weighted by Gasteiger charge is -2.08. The number of ether oxygens (including phenoxy) is 3. The van der Waals surface area contributed by atoms with Crippen LogP contribution in [0.5, 0.6) is 11.5 Å². The Morgan fingerprint density at radius 3 is 2.37 bits per heavy atom. The number of methoxy groups -OCH3 is 2. The fourth-order valence-corrected chi connectivity index (χ4v) is 3.05. The third-order valence-electron chi connectivity index (χ3n) is 3.79. The normalized spacial score (nSPS) is 10.3. The van der Waals surface area contributed by atoms with Gasteiger partial charge < -0.3 is 19.5 Å². The smallest absolute Gasteiger partial charge is 0.338 e. The highest BCUT2D eigenvalue weighted by atomic mass is 32.1. The minimum atomic E-state index is -0.465. The molecule has 140 valence electrons. The Bertz CT molecular complexity index is 900. The lowest BCUT2D eigenvalue weighted by molar-refractivity contribution is 0.0467. The van der Waals surface area contributed by atoms with Gasteiger partial charge in [0.1, 0.15) is 18.1 Å². The van der Waals surface area contributed by atoms with Gasteiger partial charge in [0.2, 0.25) is 0 Å². The van der Waals surface area contributed by atoms with Crippen molar-refractivity contribution in [3.8, 4) is 11.5 Å². The summed E-state index contributed by atoms with van der Waals surface area (Å²) in [6.45, 7) is 2.13. The standard InChI is InChI=1S/C20H20N2O4S/c1-13-4-6-15(7-5-13)21-20-22-16(12-27-20)11-26-19(23)14-8-17(24-2)10-18(9-14)25-3/h4-10,12H,11H2,1-3H3,(H,21,22). The number of aromatic nitrogens is 1. The first-order valence-electron chi connectivity index (χ1n) is 8.25. The topological polar surface area (TPSA) is 69.7 Å². The van der Waals surface area contributed by atoms with Crippen LogP contribution in [-0.4, -0.2) is 25.2 Å². The summed E-state index contributed by atoms with van der Waals surface area (Å²) in [4.78, 5) is 16.8. The van der Waals surface area contributed by atoms with Crippen molar-refractivity contribution in [3.63, 3.8) is 0 Å². The maximum absolute atomic E-state index is 12.3. The fourth-order valence-electron chi connectivity index (χ4n) is 2.34. The first kappa shape index (κ1) is 18.7. The van der Waals surface area contributed by atoms with Crippen molar-refractivity contribution >= 4 is 28.1 Å². The van der Waals surface area contributed by atoms with E-state index in [1.807, 2.05) is 36.6 Å². The number of carbonyl (C=O) groups excluding carboxylic acids is 1. The van der Waals surface area contributed by atoms with Crippen molar-refractivity contribution in [2.24, 2.45) is 0 Å². The van der Waals surface area contributed by atoms with Crippen LogP contribution in [0.2, 0.25) is 0 Å². The van der Waals surface area contributed by atoms with Gasteiger partial charge in [-0.25, -0.2) is 9.78 Å². The van der Waals surface area contributed by atoms with E-state index in [1.165, 1.54) is 31.1 Å². The molecule has 0 atom stereocenters. The van der Waals surface area contributed by atoms with Crippen LogP contribution in [0.4, 0.5) is 10.8 Å². The molecule has 0 spiro atoms. The summed E-state index contributed by atoms with van der Waals surface area (Å²) in [5.74, 6) is 0.590. The Hall–Kier alpha value is -3.06. The van der Waals surface area contributed by atoms with Crippen LogP contribution in [-0.2, 0) is 11.3 Å². The molecular weight excluding hydrogens is 364 g/mol. The third-order valence-corrected chi connectivity index (χ3v) is 4.60. The highest BCUT2D eigenvalue weighted by Gasteiger charge is 2.12. The van der Waals surface area contributed by atoms with Crippen LogP contribution in [0.25, 0.3) is 0 Å². The molecule has 1 N–H and O–H groups in total. The Morgan fingerprint density at radius 1 is 1.07 bits per heavy atom. The van der Waals surface area contributed by atoms with Crippen LogP contribution in [0.1, 0.15) is 21.6 Å². The van der Waals surface area contributed by atoms with E-state index in [4.69, 9.17) is 14.2 Å². The van der Waals surface area contributed by atoms with Crippen molar-refractivity contribution in [1.82, 2.24) is 4.98 Å². The van der Waals surface area contributed by atoms with Crippen molar-refractivity contribution in [2.45, 2.75) is 13.5 Å². The van der Waals surface area contributed by atoms with Gasteiger partial charge in [0.25, 0.3) is 0 Å². The summed E-state index contributed by atoms with van der Waals surface area (Å²) >= 11 is 1.45. The van der Waals surface area contributed by atoms with E-state index in [2.05, 4.69) is 10.3 Å². The average Bonchev–Trinajstić information content (AvgIpc) is 3.14. The lowest BCUT2D eigenvalue weighted by atomic mass is 10.2. The molecule has 1 heterocycles. The number of benzene rings is 2. The van der Waals surface area contributed by atoms with Gasteiger partial charge in [-0.15, -0.1) is 11.3 Å². The molecule has 6 nitrogen and oxygen atoms in total. The summed E-state index contributed by atoms with van der Waals surface area (Å²) in [7, 11) is 3.06. The van der Waals surface area contributed by atoms with Gasteiger partial charge in [-0.2, -0.15) is 0 Å². The first-order valence-corrected chi connectivity index (χ1v) is 9.13. The first-order chi connectivity index (χ1) is 13.1. The van der Waals surface area contributed by atoms with Crippen molar-refractivity contribution in [3.05, 3.63) is 64.7 Å². The second-order valence-corrected chi connectivity index (χ2v) is 6.67. The number of esters is 1. The number of hydrogen-bond donors (Lipinski definition) is 1. The zero-order valence-corrected chi connectivity index (χ0v) is 16.1. The van der Waals surface area contributed by atoms with Crippen LogP contribution < -0.4 is 14.8 Å². The summed E-state index contributed by atoms with van der Waals surface area (Å²) in [5.41, 5.74) is 3.20. The lowest BCUT2D eigenvalue weighted by Crippen LogP contribution is -2.06. The van der Waals surface area contributed by atoms with E-state index in [1.54, 1.807) is 18.2 Å². The van der Waals surface area contributed by atoms with Crippen molar-refractivity contribution in [2.75, 3.05) is 19.5 Å². The van der Waals surface area contributed by atoms with E-state index >= 15 is 0 Å². The molecule has 3 aromatic rings. The van der Waals surface area contributed by atoms with Gasteiger partial charge in [-0.3, -0.25) is 0 Å². The Morgan fingerprint density at radius 2 is 1.74 bits per heavy atom. The molecule has 2 aromatic carbocycles. The molecule has 0 bridgehead atoms. The summed E-state index contributed by atoms with van der Waals surface area (Å²) in [5, 5.41) is 5.84. The second-order valence-electron chi connectivity index (χ2n) is 5.81. The Balaban J connectivity index is 1.61. The molecule has 0 aliphatic heterocycles. The number of carbonyl (C=O) groups is 1. The minimum absolute atomic E-state index is 0.0877. The molecule has 7 heteroatoms. The van der Waals surface area contributed by atoms with Gasteiger partial charge >= 0.3 is 5.97 Å². The van der Waals surface area contributed by atoms with Crippen LogP contribution >= 0.6 is 11.3 Å². The number of hydrogen-bond acceptors (Lipinski definition) is 7. The molecule has 1 aromatic heterocycles. The predicted octanol–water partition coefficient (Wildman–Crippen LogP) is 4.57. The van der Waals surface area contributed by atoms with Crippen molar-refractivity contribution in [1.29, 1.82) is 0 Å². The molecule has 0 aliphatic rings. The molecule has 0 unspecified atom stereocenters. The fraction of sp³-hybridized carbons (Fsp3) is 0.200. The summed E-state index contributed by atoms with van der Waals surface area (Å²) < 4.78 is 15.7. The Kier molecular flexibility index (Phi) is 5.93. The quantitative estimate of drug-likeness (QED) is 0.602. The number of nitrogens with one attached hydrogen (secondary N) is 1. The molecule has 0 saturated heterocycles. The number of nitrogens with zero attached hydrogens (tertiary/aromatic N) is 1. The molecule has 0 amide bonds. The van der Waals surface area contributed by atoms with Crippen molar-refractivity contribution < 1.29 is 19.0 Å². The molecule has 3 rings (SSSR count). The minimum Gasteiger partial charge on any atom is -0.497 e. The van der Waals surface area contributed by atoms with Gasteiger partial charge in [0, 0.05) is 17.1 Å². The van der Waals surface area contributed by atoms with E-state index in [-0.39, 0.29) is 6.61 Å². The Labute approximate surface area is 161 Å². The van der Waals surface area contributed by atoms with Gasteiger partial charge in [0.05, 0.1) is 25.5 Å². The number of thiazole rings is 1. The molecular formula is C20H20N2O4S. The van der Waals surface area contributed by atoms with Crippen LogP contribution in [0.3, 0.4) is 0 Å². The van der Waals surface area contributed by atoms with E-state index in [9.17, 15) is 4.79 Å². The second kappa shape index (κ2) is 8.55. The third kappa shape index (κ3) is 4.98. The zero-order valence-electron chi connectivity index (χ0n) is 15.3. The average molecular weight is 384 g/mol. The van der Waals surface area contributed by atoms with Gasteiger partial charge in [-0.05, 0) is 31.2 Å². The summed E-state index contributed by atoms with van der Waals surface area (Å²) in [6, 6.07) is 13.0. The highest BCUT2D eigenvalue weighted by molar-refractivity contribution is 7.13. The monoisotopic (exact) mass is 384 g/mol. The number of aryl methyl sites for hydroxylation is 1. The molecule has 27 heavy (non-hydrogen) atoms. The molecule has 0 aliphatic carbocycles. The maximum Gasteiger partial charge on any atom is 0.338 e. The van der Waals surface area contributed by atoms with Crippen LogP contribution in [0.15, 0.2) is 47.8 Å². The van der Waals surface area contributed by atoms with E-state index < -0.39 is 5.97 Å². The van der Waals surface area contributed by atoms with E-state index in [0.717, 1.165) is 10.8 Å². The largest absolute Gasteiger partial charge is 0.497 e. The van der Waals surface area contributed by atoms with Gasteiger partial charge in [0.15, 0.2) is 5.13 Å². The van der Waals surface area contributed by atoms with Gasteiger partial charge in [-0.1, -0.05) is 17.7 Å². The number of rotatable bonds is 7. The molecule has 0 saturated carbocycles. The van der Waals surface area contributed by atoms with Crippen LogP contribution in [0, 0.1) is 6.92 Å². The SMILES string of the molecule is COc1cc(OC)cc(C(=O)OCc2csc(Nc3ccc(C)cc3)n2)c1. The zero-order chi connectivity index (χ0) is 19.2.